The highest BCUT2D eigenvalue weighted by molar-refractivity contribution is 5.78. The quantitative estimate of drug-likeness (QED) is 0.450. The lowest BCUT2D eigenvalue weighted by Gasteiger charge is -2.22. The number of nitrogens with one attached hydrogen (secondary N) is 1. The first kappa shape index (κ1) is 33.3. The summed E-state index contributed by atoms with van der Waals surface area (Å²) in [7, 11) is 0. The smallest absolute Gasteiger partial charge is 0.309 e. The van der Waals surface area contributed by atoms with Gasteiger partial charge < -0.3 is 10.4 Å². The molecule has 0 aliphatic rings. The van der Waals surface area contributed by atoms with Crippen LogP contribution in [0.1, 0.15) is 126 Å². The summed E-state index contributed by atoms with van der Waals surface area (Å²) in [5.74, 6) is 0.248. The van der Waals surface area contributed by atoms with E-state index in [1.807, 2.05) is 41.5 Å². The molecule has 1 aromatic rings. The zero-order valence-electron chi connectivity index (χ0n) is 23.8. The minimum atomic E-state index is -0.722. The minimum absolute atomic E-state index is 0.0967. The molecule has 0 aliphatic carbocycles. The molecule has 0 aliphatic heterocycles. The van der Waals surface area contributed by atoms with Gasteiger partial charge in [0.15, 0.2) is 0 Å². The summed E-state index contributed by atoms with van der Waals surface area (Å²) in [5.41, 5.74) is 2.51. The number of carbonyl (C=O) groups is 2. The predicted octanol–water partition coefficient (Wildman–Crippen LogP) is 7.95. The maximum Gasteiger partial charge on any atom is 0.309 e. The number of aliphatic carboxylic acids is 1. The van der Waals surface area contributed by atoms with Gasteiger partial charge in [-0.15, -0.1) is 0 Å². The van der Waals surface area contributed by atoms with Gasteiger partial charge in [-0.1, -0.05) is 79.7 Å². The highest BCUT2D eigenvalue weighted by Crippen LogP contribution is 2.25. The van der Waals surface area contributed by atoms with E-state index >= 15 is 0 Å². The molecule has 2 atom stereocenters. The van der Waals surface area contributed by atoms with Crippen molar-refractivity contribution in [2.45, 2.75) is 126 Å². The third kappa shape index (κ3) is 14.8. The molecular weight excluding hydrogens is 410 g/mol. The molecule has 0 spiro atoms. The lowest BCUT2D eigenvalue weighted by Crippen LogP contribution is -2.43. The van der Waals surface area contributed by atoms with Gasteiger partial charge in [0.2, 0.25) is 5.91 Å². The molecule has 1 aromatic carbocycles. The summed E-state index contributed by atoms with van der Waals surface area (Å²) in [6, 6.07) is 9.08. The second-order valence-electron chi connectivity index (χ2n) is 11.8. The van der Waals surface area contributed by atoms with Crippen molar-refractivity contribution in [1.82, 2.24) is 5.32 Å². The molecule has 2 N–H and O–H groups in total. The molecule has 192 valence electrons. The first-order valence-electron chi connectivity index (χ1n) is 12.5. The topological polar surface area (TPSA) is 66.4 Å². The van der Waals surface area contributed by atoms with Crippen LogP contribution in [-0.4, -0.2) is 22.5 Å². The number of hydrogen-bond acceptors (Lipinski definition) is 2. The first-order valence-corrected chi connectivity index (χ1v) is 12.5. The van der Waals surface area contributed by atoms with Gasteiger partial charge in [-0.2, -0.15) is 0 Å². The summed E-state index contributed by atoms with van der Waals surface area (Å²) >= 11 is 0. The van der Waals surface area contributed by atoms with E-state index in [0.29, 0.717) is 12.3 Å². The van der Waals surface area contributed by atoms with Crippen molar-refractivity contribution >= 4 is 11.9 Å². The van der Waals surface area contributed by atoms with E-state index < -0.39 is 11.4 Å². The van der Waals surface area contributed by atoms with Gasteiger partial charge in [-0.25, -0.2) is 0 Å². The van der Waals surface area contributed by atoms with Crippen LogP contribution in [0.15, 0.2) is 24.3 Å². The SMILES string of the molecule is CCC(C)(C)C(=O)O.CCC(C)C(=O)NC(C)(C)C.CCC(C)c1ccc(C(C)(C)C)cc1. The summed E-state index contributed by atoms with van der Waals surface area (Å²) < 4.78 is 0. The van der Waals surface area contributed by atoms with Gasteiger partial charge >= 0.3 is 5.97 Å². The van der Waals surface area contributed by atoms with Gasteiger partial charge in [0, 0.05) is 11.5 Å². The molecule has 0 saturated heterocycles. The minimum Gasteiger partial charge on any atom is -0.481 e. The Morgan fingerprint density at radius 3 is 1.55 bits per heavy atom. The Morgan fingerprint density at radius 2 is 1.30 bits per heavy atom. The van der Waals surface area contributed by atoms with Gasteiger partial charge in [-0.05, 0) is 76.3 Å². The van der Waals surface area contributed by atoms with Crippen LogP contribution in [0.2, 0.25) is 0 Å². The van der Waals surface area contributed by atoms with Crippen LogP contribution in [0, 0.1) is 11.3 Å². The summed E-state index contributed by atoms with van der Waals surface area (Å²) in [6.45, 7) is 26.5. The molecule has 4 nitrogen and oxygen atoms in total. The van der Waals surface area contributed by atoms with Crippen LogP contribution in [0.3, 0.4) is 0 Å². The Balaban J connectivity index is 0. The molecule has 0 bridgehead atoms. The predicted molar refractivity (Wildman–Crippen MR) is 143 cm³/mol. The van der Waals surface area contributed by atoms with Gasteiger partial charge in [0.1, 0.15) is 0 Å². The number of carboxylic acids is 1. The van der Waals surface area contributed by atoms with Crippen LogP contribution in [0.4, 0.5) is 0 Å². The molecule has 0 fully saturated rings. The highest BCUT2D eigenvalue weighted by Gasteiger charge is 2.23. The third-order valence-corrected chi connectivity index (χ3v) is 5.98. The standard InChI is InChI=1S/C14H22.C9H19NO.C6H12O2/c1-6-11(2)12-7-9-13(10-8-12)14(3,4)5;1-6-7(2)8(11)10-9(3,4)5;1-4-6(2,3)5(7)8/h7-11H,6H2,1-5H3;7H,6H2,1-5H3,(H,10,11);4H2,1-3H3,(H,7,8). The van der Waals surface area contributed by atoms with E-state index in [0.717, 1.165) is 6.42 Å². The molecule has 2 unspecified atom stereocenters. The Labute approximate surface area is 205 Å². The van der Waals surface area contributed by atoms with Crippen molar-refractivity contribution in [2.24, 2.45) is 11.3 Å². The molecule has 0 saturated carbocycles. The molecule has 1 amide bonds. The fourth-order valence-corrected chi connectivity index (χ4v) is 2.38. The first-order chi connectivity index (χ1) is 14.8. The fourth-order valence-electron chi connectivity index (χ4n) is 2.38. The number of carbonyl (C=O) groups excluding carboxylic acids is 1. The molecule has 0 radical (unpaired) electrons. The Bertz CT molecular complexity index is 691. The lowest BCUT2D eigenvalue weighted by molar-refractivity contribution is -0.147. The van der Waals surface area contributed by atoms with Crippen molar-refractivity contribution in [3.05, 3.63) is 35.4 Å². The van der Waals surface area contributed by atoms with Crippen LogP contribution >= 0.6 is 0 Å². The van der Waals surface area contributed by atoms with Crippen LogP contribution in [0.5, 0.6) is 0 Å². The molecule has 1 rings (SSSR count). The van der Waals surface area contributed by atoms with Gasteiger partial charge in [0.05, 0.1) is 5.41 Å². The number of rotatable bonds is 6. The Hall–Kier alpha value is -1.84. The largest absolute Gasteiger partial charge is 0.481 e. The average molecular weight is 464 g/mol. The van der Waals surface area contributed by atoms with Gasteiger partial charge in [-0.3, -0.25) is 9.59 Å². The van der Waals surface area contributed by atoms with Crippen molar-refractivity contribution in [3.8, 4) is 0 Å². The second kappa shape index (κ2) is 14.4. The maximum atomic E-state index is 11.3. The van der Waals surface area contributed by atoms with E-state index in [1.54, 1.807) is 13.8 Å². The normalized spacial score (nSPS) is 13.5. The second-order valence-corrected chi connectivity index (χ2v) is 11.8. The molecule has 0 aromatic heterocycles. The zero-order chi connectivity index (χ0) is 26.6. The molecule has 0 heterocycles. The van der Waals surface area contributed by atoms with Crippen molar-refractivity contribution in [1.29, 1.82) is 0 Å². The van der Waals surface area contributed by atoms with E-state index in [1.165, 1.54) is 17.5 Å². The molecule has 33 heavy (non-hydrogen) atoms. The summed E-state index contributed by atoms with van der Waals surface area (Å²) in [6.07, 6.45) is 2.80. The average Bonchev–Trinajstić information content (AvgIpc) is 2.71. The number of amides is 1. The van der Waals surface area contributed by atoms with Crippen molar-refractivity contribution in [3.63, 3.8) is 0 Å². The van der Waals surface area contributed by atoms with E-state index in [9.17, 15) is 9.59 Å². The Kier molecular flexibility index (Phi) is 14.6. The monoisotopic (exact) mass is 463 g/mol. The fraction of sp³-hybridized carbons (Fsp3) is 0.724. The van der Waals surface area contributed by atoms with E-state index in [-0.39, 0.29) is 22.8 Å². The van der Waals surface area contributed by atoms with Crippen molar-refractivity contribution < 1.29 is 14.7 Å². The highest BCUT2D eigenvalue weighted by atomic mass is 16.4. The van der Waals surface area contributed by atoms with Crippen LogP contribution in [-0.2, 0) is 15.0 Å². The number of carboxylic acid groups (broad SMARTS) is 1. The third-order valence-electron chi connectivity index (χ3n) is 5.98. The maximum absolute atomic E-state index is 11.3. The van der Waals surface area contributed by atoms with Crippen LogP contribution in [0.25, 0.3) is 0 Å². The number of hydrogen-bond donors (Lipinski definition) is 2. The summed E-state index contributed by atoms with van der Waals surface area (Å²) in [4.78, 5) is 21.5. The summed E-state index contributed by atoms with van der Waals surface area (Å²) in [5, 5.41) is 11.4. The lowest BCUT2D eigenvalue weighted by atomic mass is 9.85. The number of benzene rings is 1. The van der Waals surface area contributed by atoms with E-state index in [2.05, 4.69) is 64.2 Å². The van der Waals surface area contributed by atoms with Crippen LogP contribution < -0.4 is 5.32 Å². The Morgan fingerprint density at radius 1 is 0.848 bits per heavy atom. The van der Waals surface area contributed by atoms with E-state index in [4.69, 9.17) is 5.11 Å². The van der Waals surface area contributed by atoms with Crippen molar-refractivity contribution in [2.75, 3.05) is 0 Å². The van der Waals surface area contributed by atoms with Gasteiger partial charge in [0.25, 0.3) is 0 Å². The molecular formula is C29H53NO3. The zero-order valence-corrected chi connectivity index (χ0v) is 23.8. The molecule has 4 heteroatoms.